The summed E-state index contributed by atoms with van der Waals surface area (Å²) in [6, 6.07) is 0. The molecule has 2 aromatic rings. The van der Waals surface area contributed by atoms with Crippen LogP contribution in [0.4, 0.5) is 0 Å². The summed E-state index contributed by atoms with van der Waals surface area (Å²) in [5, 5.41) is 2.00. The van der Waals surface area contributed by atoms with Gasteiger partial charge < -0.3 is 4.74 Å². The van der Waals surface area contributed by atoms with E-state index in [9.17, 15) is 9.59 Å². The van der Waals surface area contributed by atoms with Crippen molar-refractivity contribution in [3.8, 4) is 0 Å². The van der Waals surface area contributed by atoms with Gasteiger partial charge in [0.05, 0.1) is 23.9 Å². The first-order valence-corrected chi connectivity index (χ1v) is 7.06. The maximum absolute atomic E-state index is 12.4. The Morgan fingerprint density at radius 1 is 1.53 bits per heavy atom. The number of aromatic nitrogens is 2. The second-order valence-corrected chi connectivity index (χ2v) is 5.50. The lowest BCUT2D eigenvalue weighted by Crippen LogP contribution is -2.23. The van der Waals surface area contributed by atoms with Crippen molar-refractivity contribution in [1.82, 2.24) is 9.55 Å². The molecule has 0 aliphatic rings. The number of hydrogen-bond acceptors (Lipinski definition) is 5. The quantitative estimate of drug-likeness (QED) is 0.806. The van der Waals surface area contributed by atoms with Crippen molar-refractivity contribution in [1.29, 1.82) is 0 Å². The molecule has 0 amide bonds. The van der Waals surface area contributed by atoms with Gasteiger partial charge in [-0.25, -0.2) is 9.78 Å². The highest BCUT2D eigenvalue weighted by atomic mass is 32.1. The standard InChI is InChI=1S/C13H16N2O3S/c1-4-18-13(17)9-6-19-11-10(9)12(16)15(7-14-11)5-8(2)3/h6-8H,4-5H2,1-3H3. The van der Waals surface area contributed by atoms with Gasteiger partial charge in [0, 0.05) is 11.9 Å². The molecule has 0 aromatic carbocycles. The van der Waals surface area contributed by atoms with E-state index in [1.54, 1.807) is 16.9 Å². The van der Waals surface area contributed by atoms with Gasteiger partial charge >= 0.3 is 5.97 Å². The topological polar surface area (TPSA) is 61.2 Å². The summed E-state index contributed by atoms with van der Waals surface area (Å²) >= 11 is 1.28. The van der Waals surface area contributed by atoms with Crippen LogP contribution in [-0.4, -0.2) is 22.1 Å². The van der Waals surface area contributed by atoms with Crippen molar-refractivity contribution in [2.45, 2.75) is 27.3 Å². The second-order valence-electron chi connectivity index (χ2n) is 4.65. The number of thiophene rings is 1. The minimum atomic E-state index is -0.463. The van der Waals surface area contributed by atoms with Crippen molar-refractivity contribution in [3.63, 3.8) is 0 Å². The molecule has 19 heavy (non-hydrogen) atoms. The summed E-state index contributed by atoms with van der Waals surface area (Å²) in [7, 11) is 0. The van der Waals surface area contributed by atoms with E-state index in [1.807, 2.05) is 13.8 Å². The number of esters is 1. The molecule has 5 nitrogen and oxygen atoms in total. The molecule has 6 heteroatoms. The first-order valence-electron chi connectivity index (χ1n) is 6.18. The van der Waals surface area contributed by atoms with Crippen molar-refractivity contribution >= 4 is 27.5 Å². The molecule has 102 valence electrons. The molecule has 0 N–H and O–H groups in total. The predicted molar refractivity (Wildman–Crippen MR) is 74.7 cm³/mol. The zero-order valence-corrected chi connectivity index (χ0v) is 12.0. The minimum absolute atomic E-state index is 0.178. The van der Waals surface area contributed by atoms with Crippen LogP contribution in [-0.2, 0) is 11.3 Å². The molecular weight excluding hydrogens is 264 g/mol. The third kappa shape index (κ3) is 2.68. The fraction of sp³-hybridized carbons (Fsp3) is 0.462. The Balaban J connectivity index is 2.56. The van der Waals surface area contributed by atoms with Crippen LogP contribution < -0.4 is 5.56 Å². The first kappa shape index (κ1) is 13.7. The van der Waals surface area contributed by atoms with Gasteiger partial charge in [-0.3, -0.25) is 9.36 Å². The van der Waals surface area contributed by atoms with Gasteiger partial charge in [-0.15, -0.1) is 11.3 Å². The first-order chi connectivity index (χ1) is 9.04. The summed E-state index contributed by atoms with van der Waals surface area (Å²) < 4.78 is 6.51. The molecule has 0 fully saturated rings. The van der Waals surface area contributed by atoms with E-state index in [0.717, 1.165) is 0 Å². The van der Waals surface area contributed by atoms with Crippen LogP contribution in [0.2, 0.25) is 0 Å². The van der Waals surface area contributed by atoms with E-state index < -0.39 is 5.97 Å². The van der Waals surface area contributed by atoms with Gasteiger partial charge in [0.1, 0.15) is 4.83 Å². The summed E-state index contributed by atoms with van der Waals surface area (Å²) in [6.07, 6.45) is 1.54. The molecule has 0 bridgehead atoms. The summed E-state index contributed by atoms with van der Waals surface area (Å²) in [5.74, 6) is -0.128. The third-order valence-electron chi connectivity index (χ3n) is 2.62. The Morgan fingerprint density at radius 2 is 2.26 bits per heavy atom. The average Bonchev–Trinajstić information content (AvgIpc) is 2.77. The Bertz CT molecular complexity index is 657. The van der Waals surface area contributed by atoms with Gasteiger partial charge in [0.15, 0.2) is 0 Å². The van der Waals surface area contributed by atoms with E-state index >= 15 is 0 Å². The normalized spacial score (nSPS) is 11.2. The molecule has 0 atom stereocenters. The number of fused-ring (bicyclic) bond motifs is 1. The number of ether oxygens (including phenoxy) is 1. The van der Waals surface area contributed by atoms with Gasteiger partial charge in [0.25, 0.3) is 5.56 Å². The van der Waals surface area contributed by atoms with Gasteiger partial charge in [0.2, 0.25) is 0 Å². The van der Waals surface area contributed by atoms with E-state index in [-0.39, 0.29) is 12.2 Å². The fourth-order valence-corrected chi connectivity index (χ4v) is 2.72. The van der Waals surface area contributed by atoms with Gasteiger partial charge in [-0.2, -0.15) is 0 Å². The average molecular weight is 280 g/mol. The Hall–Kier alpha value is -1.69. The van der Waals surface area contributed by atoms with Crippen molar-refractivity contribution in [3.05, 3.63) is 27.6 Å². The van der Waals surface area contributed by atoms with Crippen LogP contribution in [0.5, 0.6) is 0 Å². The molecule has 0 aliphatic heterocycles. The Kier molecular flexibility index (Phi) is 3.99. The van der Waals surface area contributed by atoms with Crippen LogP contribution in [0.25, 0.3) is 10.2 Å². The SMILES string of the molecule is CCOC(=O)c1csc2ncn(CC(C)C)c(=O)c12. The predicted octanol–water partition coefficient (Wildman–Crippen LogP) is 2.29. The number of hydrogen-bond donors (Lipinski definition) is 0. The molecule has 0 unspecified atom stereocenters. The van der Waals surface area contributed by atoms with Crippen molar-refractivity contribution in [2.75, 3.05) is 6.61 Å². The van der Waals surface area contributed by atoms with E-state index in [0.29, 0.717) is 28.2 Å². The zero-order chi connectivity index (χ0) is 14.0. The molecular formula is C13H16N2O3S. The van der Waals surface area contributed by atoms with Crippen LogP contribution in [0, 0.1) is 5.92 Å². The van der Waals surface area contributed by atoms with Crippen molar-refractivity contribution in [2.24, 2.45) is 5.92 Å². The van der Waals surface area contributed by atoms with Gasteiger partial charge in [-0.05, 0) is 12.8 Å². The lowest BCUT2D eigenvalue weighted by molar-refractivity contribution is 0.0529. The fourth-order valence-electron chi connectivity index (χ4n) is 1.85. The molecule has 0 radical (unpaired) electrons. The second kappa shape index (κ2) is 5.52. The highest BCUT2D eigenvalue weighted by Crippen LogP contribution is 2.21. The number of nitrogens with zero attached hydrogens (tertiary/aromatic N) is 2. The monoisotopic (exact) mass is 280 g/mol. The number of rotatable bonds is 4. The van der Waals surface area contributed by atoms with Crippen molar-refractivity contribution < 1.29 is 9.53 Å². The Labute approximate surface area is 114 Å². The Morgan fingerprint density at radius 3 is 2.89 bits per heavy atom. The smallest absolute Gasteiger partial charge is 0.339 e. The highest BCUT2D eigenvalue weighted by Gasteiger charge is 2.18. The molecule has 2 rings (SSSR count). The van der Waals surface area contributed by atoms with Crippen LogP contribution in [0.3, 0.4) is 0 Å². The highest BCUT2D eigenvalue weighted by molar-refractivity contribution is 7.17. The largest absolute Gasteiger partial charge is 0.462 e. The molecule has 0 saturated carbocycles. The number of carbonyl (C=O) groups excluding carboxylic acids is 1. The summed E-state index contributed by atoms with van der Waals surface area (Å²) in [4.78, 5) is 29.0. The molecule has 0 spiro atoms. The van der Waals surface area contributed by atoms with Crippen LogP contribution in [0.1, 0.15) is 31.1 Å². The van der Waals surface area contributed by atoms with E-state index in [1.165, 1.54) is 17.7 Å². The maximum atomic E-state index is 12.4. The minimum Gasteiger partial charge on any atom is -0.462 e. The summed E-state index contributed by atoms with van der Waals surface area (Å²) in [6.45, 7) is 6.66. The lowest BCUT2D eigenvalue weighted by atomic mass is 10.2. The molecule has 0 aliphatic carbocycles. The zero-order valence-electron chi connectivity index (χ0n) is 11.2. The van der Waals surface area contributed by atoms with Gasteiger partial charge in [-0.1, -0.05) is 13.8 Å². The van der Waals surface area contributed by atoms with E-state index in [4.69, 9.17) is 4.74 Å². The molecule has 0 saturated heterocycles. The lowest BCUT2D eigenvalue weighted by Gasteiger charge is -2.08. The molecule has 2 heterocycles. The maximum Gasteiger partial charge on any atom is 0.339 e. The van der Waals surface area contributed by atoms with E-state index in [2.05, 4.69) is 4.98 Å². The summed E-state index contributed by atoms with van der Waals surface area (Å²) in [5.41, 5.74) is 0.139. The van der Waals surface area contributed by atoms with Crippen LogP contribution >= 0.6 is 11.3 Å². The van der Waals surface area contributed by atoms with Crippen LogP contribution in [0.15, 0.2) is 16.5 Å². The molecule has 2 aromatic heterocycles. The number of carbonyl (C=O) groups is 1. The third-order valence-corrected chi connectivity index (χ3v) is 3.50.